The molecular formula is C19H17N3O. The number of hydrogen-bond donors (Lipinski definition) is 0. The molecule has 4 rings (SSSR count). The monoisotopic (exact) mass is 303 g/mol. The highest BCUT2D eigenvalue weighted by molar-refractivity contribution is 5.99. The molecule has 114 valence electrons. The molecule has 0 bridgehead atoms. The van der Waals surface area contributed by atoms with Gasteiger partial charge in [0.25, 0.3) is 0 Å². The van der Waals surface area contributed by atoms with Crippen LogP contribution in [0.3, 0.4) is 0 Å². The minimum absolute atomic E-state index is 0.0108. The minimum atomic E-state index is -0.0108. The predicted molar refractivity (Wildman–Crippen MR) is 88.0 cm³/mol. The molecular weight excluding hydrogens is 286 g/mol. The van der Waals surface area contributed by atoms with Gasteiger partial charge in [-0.3, -0.25) is 9.78 Å². The van der Waals surface area contributed by atoms with Gasteiger partial charge in [-0.05, 0) is 30.5 Å². The molecule has 0 fully saturated rings. The van der Waals surface area contributed by atoms with Crippen molar-refractivity contribution >= 4 is 5.78 Å². The standard InChI is InChI=1S/C19H17N3O/c23-19-15(8-9-17-16(19)7-4-10-21-17)12-22-13-20-11-18(22)14-5-2-1-3-6-14/h1-7,10-11,13,15H,8-9,12H2/t15-/m1/s1. The lowest BCUT2D eigenvalue weighted by Gasteiger charge is -2.23. The molecule has 2 heterocycles. The van der Waals surface area contributed by atoms with Gasteiger partial charge in [-0.25, -0.2) is 4.98 Å². The number of rotatable bonds is 3. The van der Waals surface area contributed by atoms with Gasteiger partial charge in [0.15, 0.2) is 5.78 Å². The maximum atomic E-state index is 12.7. The van der Waals surface area contributed by atoms with Crippen LogP contribution in [-0.2, 0) is 13.0 Å². The second-order valence-electron chi connectivity index (χ2n) is 5.89. The fraction of sp³-hybridized carbons (Fsp3) is 0.211. The van der Waals surface area contributed by atoms with Crippen molar-refractivity contribution in [2.75, 3.05) is 0 Å². The summed E-state index contributed by atoms with van der Waals surface area (Å²) in [7, 11) is 0. The molecule has 0 saturated heterocycles. The van der Waals surface area contributed by atoms with Gasteiger partial charge >= 0.3 is 0 Å². The first kappa shape index (κ1) is 13.9. The van der Waals surface area contributed by atoms with E-state index in [1.165, 1.54) is 0 Å². The summed E-state index contributed by atoms with van der Waals surface area (Å²) in [5.74, 6) is 0.190. The van der Waals surface area contributed by atoms with Crippen LogP contribution in [-0.4, -0.2) is 20.3 Å². The van der Waals surface area contributed by atoms with Crippen LogP contribution in [0.4, 0.5) is 0 Å². The van der Waals surface area contributed by atoms with Crippen molar-refractivity contribution in [2.24, 2.45) is 5.92 Å². The normalized spacial score (nSPS) is 17.0. The first-order valence-electron chi connectivity index (χ1n) is 7.86. The number of ketones is 1. The highest BCUT2D eigenvalue weighted by atomic mass is 16.1. The van der Waals surface area contributed by atoms with Gasteiger partial charge < -0.3 is 4.57 Å². The van der Waals surface area contributed by atoms with Crippen LogP contribution in [0.1, 0.15) is 22.5 Å². The average Bonchev–Trinajstić information content (AvgIpc) is 3.07. The first-order valence-corrected chi connectivity index (χ1v) is 7.86. The zero-order valence-electron chi connectivity index (χ0n) is 12.7. The van der Waals surface area contributed by atoms with Gasteiger partial charge in [0, 0.05) is 24.2 Å². The molecule has 0 N–H and O–H groups in total. The van der Waals surface area contributed by atoms with Crippen molar-refractivity contribution < 1.29 is 4.79 Å². The van der Waals surface area contributed by atoms with Crippen LogP contribution >= 0.6 is 0 Å². The number of fused-ring (bicyclic) bond motifs is 1. The van der Waals surface area contributed by atoms with E-state index in [1.807, 2.05) is 42.9 Å². The summed E-state index contributed by atoms with van der Waals surface area (Å²) in [6.07, 6.45) is 7.14. The second-order valence-corrected chi connectivity index (χ2v) is 5.89. The Hall–Kier alpha value is -2.75. The molecule has 1 aliphatic carbocycles. The number of nitrogens with zero attached hydrogens (tertiary/aromatic N) is 3. The highest BCUT2D eigenvalue weighted by Gasteiger charge is 2.28. The van der Waals surface area contributed by atoms with Gasteiger partial charge in [-0.1, -0.05) is 30.3 Å². The van der Waals surface area contributed by atoms with E-state index in [2.05, 4.69) is 26.7 Å². The number of hydrogen-bond acceptors (Lipinski definition) is 3. The fourth-order valence-electron chi connectivity index (χ4n) is 3.25. The summed E-state index contributed by atoms with van der Waals surface area (Å²) in [4.78, 5) is 21.3. The number of benzene rings is 1. The zero-order valence-corrected chi connectivity index (χ0v) is 12.7. The van der Waals surface area contributed by atoms with E-state index in [0.29, 0.717) is 6.54 Å². The Morgan fingerprint density at radius 1 is 1.13 bits per heavy atom. The summed E-state index contributed by atoms with van der Waals surface area (Å²) >= 11 is 0. The van der Waals surface area contributed by atoms with Crippen molar-refractivity contribution in [3.63, 3.8) is 0 Å². The quantitative estimate of drug-likeness (QED) is 0.745. The largest absolute Gasteiger partial charge is 0.330 e. The van der Waals surface area contributed by atoms with Gasteiger partial charge in [-0.2, -0.15) is 0 Å². The molecule has 1 aromatic carbocycles. The van der Waals surface area contributed by atoms with Crippen LogP contribution in [0.2, 0.25) is 0 Å². The predicted octanol–water partition coefficient (Wildman–Crippen LogP) is 3.39. The summed E-state index contributed by atoms with van der Waals surface area (Å²) in [5, 5.41) is 0. The number of carbonyl (C=O) groups is 1. The van der Waals surface area contributed by atoms with E-state index in [0.717, 1.165) is 35.4 Å². The minimum Gasteiger partial charge on any atom is -0.330 e. The molecule has 0 saturated carbocycles. The lowest BCUT2D eigenvalue weighted by atomic mass is 9.85. The Kier molecular flexibility index (Phi) is 3.50. The molecule has 3 aromatic rings. The molecule has 0 aliphatic heterocycles. The third kappa shape index (κ3) is 2.57. The molecule has 4 nitrogen and oxygen atoms in total. The number of Topliss-reactive ketones (excluding diaryl/α,β-unsaturated/α-hetero) is 1. The third-order valence-electron chi connectivity index (χ3n) is 4.46. The van der Waals surface area contributed by atoms with E-state index in [-0.39, 0.29) is 11.7 Å². The van der Waals surface area contributed by atoms with Crippen molar-refractivity contribution in [3.8, 4) is 11.3 Å². The topological polar surface area (TPSA) is 47.8 Å². The smallest absolute Gasteiger partial charge is 0.169 e. The van der Waals surface area contributed by atoms with E-state index in [4.69, 9.17) is 0 Å². The number of aryl methyl sites for hydroxylation is 1. The van der Waals surface area contributed by atoms with E-state index >= 15 is 0 Å². The van der Waals surface area contributed by atoms with Gasteiger partial charge in [-0.15, -0.1) is 0 Å². The molecule has 0 amide bonds. The van der Waals surface area contributed by atoms with Crippen LogP contribution in [0, 0.1) is 5.92 Å². The number of imidazole rings is 1. The Bertz CT molecular complexity index is 839. The van der Waals surface area contributed by atoms with Gasteiger partial charge in [0.1, 0.15) is 0 Å². The number of carbonyl (C=O) groups excluding carboxylic acids is 1. The van der Waals surface area contributed by atoms with Crippen molar-refractivity contribution in [1.29, 1.82) is 0 Å². The van der Waals surface area contributed by atoms with Crippen molar-refractivity contribution in [1.82, 2.24) is 14.5 Å². The molecule has 0 radical (unpaired) electrons. The molecule has 1 aliphatic rings. The average molecular weight is 303 g/mol. The third-order valence-corrected chi connectivity index (χ3v) is 4.46. The van der Waals surface area contributed by atoms with Crippen molar-refractivity contribution in [2.45, 2.75) is 19.4 Å². The van der Waals surface area contributed by atoms with E-state index in [9.17, 15) is 4.79 Å². The number of aromatic nitrogens is 3. The fourth-order valence-corrected chi connectivity index (χ4v) is 3.25. The van der Waals surface area contributed by atoms with Gasteiger partial charge in [0.05, 0.1) is 23.9 Å². The van der Waals surface area contributed by atoms with Crippen LogP contribution in [0.5, 0.6) is 0 Å². The SMILES string of the molecule is O=C1c2cccnc2CC[C@@H]1Cn1cncc1-c1ccccc1. The Balaban J connectivity index is 1.61. The second kappa shape index (κ2) is 5.80. The summed E-state index contributed by atoms with van der Waals surface area (Å²) in [6, 6.07) is 13.9. The van der Waals surface area contributed by atoms with E-state index < -0.39 is 0 Å². The molecule has 2 aromatic heterocycles. The summed E-state index contributed by atoms with van der Waals surface area (Å²) < 4.78 is 2.08. The molecule has 4 heteroatoms. The maximum absolute atomic E-state index is 12.7. The summed E-state index contributed by atoms with van der Waals surface area (Å²) in [5.41, 5.74) is 3.89. The zero-order chi connectivity index (χ0) is 15.6. The van der Waals surface area contributed by atoms with Crippen molar-refractivity contribution in [3.05, 3.63) is 72.4 Å². The Morgan fingerprint density at radius 3 is 2.87 bits per heavy atom. The molecule has 1 atom stereocenters. The van der Waals surface area contributed by atoms with E-state index in [1.54, 1.807) is 6.20 Å². The molecule has 23 heavy (non-hydrogen) atoms. The lowest BCUT2D eigenvalue weighted by Crippen LogP contribution is -2.27. The Morgan fingerprint density at radius 2 is 2.00 bits per heavy atom. The van der Waals surface area contributed by atoms with Gasteiger partial charge in [0.2, 0.25) is 0 Å². The first-order chi connectivity index (χ1) is 11.3. The highest BCUT2D eigenvalue weighted by Crippen LogP contribution is 2.27. The van der Waals surface area contributed by atoms with Crippen LogP contribution < -0.4 is 0 Å². The lowest BCUT2D eigenvalue weighted by molar-refractivity contribution is 0.0886. The molecule has 0 unspecified atom stereocenters. The summed E-state index contributed by atoms with van der Waals surface area (Å²) in [6.45, 7) is 0.664. The number of pyridine rings is 1. The van der Waals surface area contributed by atoms with Crippen LogP contribution in [0.15, 0.2) is 61.2 Å². The Labute approximate surface area is 134 Å². The molecule has 0 spiro atoms. The maximum Gasteiger partial charge on any atom is 0.169 e. The van der Waals surface area contributed by atoms with Crippen LogP contribution in [0.25, 0.3) is 11.3 Å².